The number of hydrogen-bond donors (Lipinski definition) is 1. The molecular weight excluding hydrogens is 174 g/mol. The highest BCUT2D eigenvalue weighted by Gasteiger charge is 2.00. The average molecular weight is 191 g/mol. The first-order valence-corrected chi connectivity index (χ1v) is 5.18. The lowest BCUT2D eigenvalue weighted by Crippen LogP contribution is -2.10. The molecule has 0 saturated heterocycles. The van der Waals surface area contributed by atoms with E-state index < -0.39 is 0 Å². The standard InChI is InChI=1S/C12H17NO/c1-2-3-5-10-12(14)13-11-8-6-4-7-9-11/h4,6-9H,2-3,5,10H2,1H3,(H,13,14). The number of unbranched alkanes of at least 4 members (excludes halogenated alkanes) is 2. The van der Waals surface area contributed by atoms with Gasteiger partial charge in [0.1, 0.15) is 0 Å². The van der Waals surface area contributed by atoms with E-state index in [0.717, 1.165) is 24.9 Å². The summed E-state index contributed by atoms with van der Waals surface area (Å²) in [6, 6.07) is 9.57. The van der Waals surface area contributed by atoms with Gasteiger partial charge in [0.25, 0.3) is 0 Å². The molecule has 0 bridgehead atoms. The van der Waals surface area contributed by atoms with Crippen molar-refractivity contribution < 1.29 is 4.79 Å². The van der Waals surface area contributed by atoms with E-state index in [-0.39, 0.29) is 5.91 Å². The zero-order valence-electron chi connectivity index (χ0n) is 8.62. The summed E-state index contributed by atoms with van der Waals surface area (Å²) in [5.41, 5.74) is 0.883. The van der Waals surface area contributed by atoms with Crippen molar-refractivity contribution in [2.24, 2.45) is 0 Å². The number of amides is 1. The summed E-state index contributed by atoms with van der Waals surface area (Å²) >= 11 is 0. The molecule has 1 rings (SSSR count). The van der Waals surface area contributed by atoms with Crippen LogP contribution in [0.15, 0.2) is 30.3 Å². The summed E-state index contributed by atoms with van der Waals surface area (Å²) < 4.78 is 0. The molecule has 0 spiro atoms. The second kappa shape index (κ2) is 6.19. The maximum Gasteiger partial charge on any atom is 0.224 e. The second-order valence-electron chi connectivity index (χ2n) is 3.37. The molecule has 0 radical (unpaired) electrons. The Morgan fingerprint density at radius 2 is 1.93 bits per heavy atom. The number of anilines is 1. The lowest BCUT2D eigenvalue weighted by Gasteiger charge is -2.03. The topological polar surface area (TPSA) is 29.1 Å². The molecule has 1 aromatic rings. The molecule has 0 aliphatic carbocycles. The Morgan fingerprint density at radius 1 is 1.21 bits per heavy atom. The van der Waals surface area contributed by atoms with Crippen LogP contribution in [0.25, 0.3) is 0 Å². The minimum Gasteiger partial charge on any atom is -0.326 e. The molecule has 0 aromatic heterocycles. The van der Waals surface area contributed by atoms with Crippen molar-refractivity contribution in [2.75, 3.05) is 5.32 Å². The Bertz CT molecular complexity index is 269. The van der Waals surface area contributed by atoms with Crippen molar-refractivity contribution in [1.82, 2.24) is 0 Å². The summed E-state index contributed by atoms with van der Waals surface area (Å²) in [6.07, 6.45) is 3.89. The van der Waals surface area contributed by atoms with E-state index in [2.05, 4.69) is 12.2 Å². The molecule has 0 atom stereocenters. The van der Waals surface area contributed by atoms with Gasteiger partial charge in [0.2, 0.25) is 5.91 Å². The van der Waals surface area contributed by atoms with Gasteiger partial charge in [-0.15, -0.1) is 0 Å². The van der Waals surface area contributed by atoms with Crippen molar-refractivity contribution in [3.05, 3.63) is 30.3 Å². The first kappa shape index (κ1) is 10.8. The van der Waals surface area contributed by atoms with Crippen LogP contribution in [0.1, 0.15) is 32.6 Å². The summed E-state index contributed by atoms with van der Waals surface area (Å²) in [5.74, 6) is 0.115. The number of benzene rings is 1. The van der Waals surface area contributed by atoms with Crippen LogP contribution in [-0.4, -0.2) is 5.91 Å². The first-order valence-electron chi connectivity index (χ1n) is 5.18. The van der Waals surface area contributed by atoms with Crippen molar-refractivity contribution in [3.63, 3.8) is 0 Å². The number of para-hydroxylation sites is 1. The number of carbonyl (C=O) groups excluding carboxylic acids is 1. The van der Waals surface area contributed by atoms with Crippen molar-refractivity contribution in [2.45, 2.75) is 32.6 Å². The second-order valence-corrected chi connectivity index (χ2v) is 3.37. The van der Waals surface area contributed by atoms with Gasteiger partial charge in [-0.05, 0) is 18.6 Å². The van der Waals surface area contributed by atoms with Gasteiger partial charge in [0.15, 0.2) is 0 Å². The number of rotatable bonds is 5. The summed E-state index contributed by atoms with van der Waals surface area (Å²) in [4.78, 5) is 11.4. The molecule has 1 N–H and O–H groups in total. The normalized spacial score (nSPS) is 9.79. The van der Waals surface area contributed by atoms with E-state index in [1.54, 1.807) is 0 Å². The molecule has 1 aromatic carbocycles. The lowest BCUT2D eigenvalue weighted by molar-refractivity contribution is -0.116. The van der Waals surface area contributed by atoms with Gasteiger partial charge in [0.05, 0.1) is 0 Å². The minimum absolute atomic E-state index is 0.115. The fraction of sp³-hybridized carbons (Fsp3) is 0.417. The van der Waals surface area contributed by atoms with Crippen LogP contribution in [0.4, 0.5) is 5.69 Å². The Morgan fingerprint density at radius 3 is 2.57 bits per heavy atom. The zero-order chi connectivity index (χ0) is 10.2. The van der Waals surface area contributed by atoms with Crippen molar-refractivity contribution >= 4 is 11.6 Å². The molecule has 0 unspecified atom stereocenters. The Labute approximate surface area is 85.3 Å². The van der Waals surface area contributed by atoms with E-state index in [9.17, 15) is 4.79 Å². The van der Waals surface area contributed by atoms with E-state index >= 15 is 0 Å². The summed E-state index contributed by atoms with van der Waals surface area (Å²) in [7, 11) is 0. The van der Waals surface area contributed by atoms with Gasteiger partial charge in [-0.3, -0.25) is 4.79 Å². The molecular formula is C12H17NO. The van der Waals surface area contributed by atoms with Crippen LogP contribution in [0.2, 0.25) is 0 Å². The third-order valence-corrected chi connectivity index (χ3v) is 2.06. The highest BCUT2D eigenvalue weighted by atomic mass is 16.1. The van der Waals surface area contributed by atoms with Crippen LogP contribution in [0.5, 0.6) is 0 Å². The molecule has 2 nitrogen and oxygen atoms in total. The first-order chi connectivity index (χ1) is 6.83. The number of carbonyl (C=O) groups is 1. The molecule has 0 fully saturated rings. The maximum absolute atomic E-state index is 11.4. The fourth-order valence-corrected chi connectivity index (χ4v) is 1.28. The minimum atomic E-state index is 0.115. The predicted octanol–water partition coefficient (Wildman–Crippen LogP) is 3.21. The van der Waals surface area contributed by atoms with E-state index in [4.69, 9.17) is 0 Å². The van der Waals surface area contributed by atoms with Crippen LogP contribution >= 0.6 is 0 Å². The molecule has 76 valence electrons. The molecule has 0 aliphatic heterocycles. The highest BCUT2D eigenvalue weighted by Crippen LogP contribution is 2.07. The lowest BCUT2D eigenvalue weighted by atomic mass is 10.2. The van der Waals surface area contributed by atoms with Gasteiger partial charge in [-0.25, -0.2) is 0 Å². The van der Waals surface area contributed by atoms with E-state index in [0.29, 0.717) is 6.42 Å². The Kier molecular flexibility index (Phi) is 4.76. The quantitative estimate of drug-likeness (QED) is 0.711. The monoisotopic (exact) mass is 191 g/mol. The molecule has 2 heteroatoms. The Balaban J connectivity index is 2.27. The van der Waals surface area contributed by atoms with Crippen molar-refractivity contribution in [3.8, 4) is 0 Å². The molecule has 0 aliphatic rings. The summed E-state index contributed by atoms with van der Waals surface area (Å²) in [5, 5.41) is 2.86. The largest absolute Gasteiger partial charge is 0.326 e. The molecule has 0 heterocycles. The summed E-state index contributed by atoms with van der Waals surface area (Å²) in [6.45, 7) is 2.13. The van der Waals surface area contributed by atoms with Gasteiger partial charge in [-0.2, -0.15) is 0 Å². The van der Waals surface area contributed by atoms with Crippen molar-refractivity contribution in [1.29, 1.82) is 0 Å². The third kappa shape index (κ3) is 4.08. The van der Waals surface area contributed by atoms with Crippen LogP contribution in [0, 0.1) is 0 Å². The SMILES string of the molecule is CCCCCC(=O)Nc1ccccc1. The molecule has 0 saturated carbocycles. The smallest absolute Gasteiger partial charge is 0.224 e. The maximum atomic E-state index is 11.4. The molecule has 1 amide bonds. The van der Waals surface area contributed by atoms with Gasteiger partial charge in [-0.1, -0.05) is 38.0 Å². The Hall–Kier alpha value is -1.31. The predicted molar refractivity (Wildman–Crippen MR) is 59.2 cm³/mol. The van der Waals surface area contributed by atoms with Crippen LogP contribution < -0.4 is 5.32 Å². The average Bonchev–Trinajstić information content (AvgIpc) is 2.20. The highest BCUT2D eigenvalue weighted by molar-refractivity contribution is 5.90. The fourth-order valence-electron chi connectivity index (χ4n) is 1.28. The van der Waals surface area contributed by atoms with Crippen LogP contribution in [0.3, 0.4) is 0 Å². The van der Waals surface area contributed by atoms with Gasteiger partial charge < -0.3 is 5.32 Å². The van der Waals surface area contributed by atoms with Gasteiger partial charge in [0, 0.05) is 12.1 Å². The number of nitrogens with one attached hydrogen (secondary N) is 1. The van der Waals surface area contributed by atoms with E-state index in [1.807, 2.05) is 30.3 Å². The molecule has 14 heavy (non-hydrogen) atoms. The third-order valence-electron chi connectivity index (χ3n) is 2.06. The van der Waals surface area contributed by atoms with E-state index in [1.165, 1.54) is 0 Å². The number of hydrogen-bond acceptors (Lipinski definition) is 1. The zero-order valence-corrected chi connectivity index (χ0v) is 8.62. The van der Waals surface area contributed by atoms with Crippen LogP contribution in [-0.2, 0) is 4.79 Å². The van der Waals surface area contributed by atoms with Gasteiger partial charge >= 0.3 is 0 Å².